The third-order valence-electron chi connectivity index (χ3n) is 3.33. The van der Waals surface area contributed by atoms with E-state index in [0.29, 0.717) is 5.71 Å². The average Bonchev–Trinajstić information content (AvgIpc) is 2.58. The summed E-state index contributed by atoms with van der Waals surface area (Å²) in [5.74, 6) is 0. The van der Waals surface area contributed by atoms with Crippen molar-refractivity contribution in [2.24, 2.45) is 4.99 Å². The van der Waals surface area contributed by atoms with Crippen LogP contribution < -0.4 is 0 Å². The topological polar surface area (TPSA) is 73.0 Å². The fourth-order valence-corrected chi connectivity index (χ4v) is 1.98. The van der Waals surface area contributed by atoms with E-state index < -0.39 is 25.4 Å². The summed E-state index contributed by atoms with van der Waals surface area (Å²) in [7, 11) is 0. The molecule has 2 aromatic carbocycles. The van der Waals surface area contributed by atoms with Crippen molar-refractivity contribution >= 4 is 5.71 Å². The largest absolute Gasteiger partial charge is 0.394 e. The number of hydrogen-bond donors (Lipinski definition) is 3. The van der Waals surface area contributed by atoms with Gasteiger partial charge < -0.3 is 15.3 Å². The summed E-state index contributed by atoms with van der Waals surface area (Å²) in [5, 5.41) is 28.5. The first-order valence-electron chi connectivity index (χ1n) is 6.78. The molecule has 0 aliphatic rings. The molecule has 2 aromatic rings. The van der Waals surface area contributed by atoms with E-state index in [-0.39, 0.29) is 0 Å². The fourth-order valence-electron chi connectivity index (χ4n) is 1.98. The quantitative estimate of drug-likeness (QED) is 0.699. The van der Waals surface area contributed by atoms with Gasteiger partial charge in [0, 0.05) is 11.1 Å². The van der Waals surface area contributed by atoms with E-state index in [2.05, 4.69) is 4.99 Å². The molecule has 110 valence electrons. The third kappa shape index (κ3) is 3.55. The maximum Gasteiger partial charge on any atom is 0.130 e. The molecule has 2 rings (SSSR count). The summed E-state index contributed by atoms with van der Waals surface area (Å²) >= 11 is 0. The summed E-state index contributed by atoms with van der Waals surface area (Å²) in [6.45, 7) is -1.28. The van der Waals surface area contributed by atoms with Gasteiger partial charge in [-0.05, 0) is 0 Å². The van der Waals surface area contributed by atoms with E-state index in [0.717, 1.165) is 11.1 Å². The molecule has 4 heteroatoms. The molecule has 3 N–H and O–H groups in total. The fraction of sp³-hybridized carbons (Fsp3) is 0.235. The van der Waals surface area contributed by atoms with Gasteiger partial charge in [0.05, 0.1) is 25.5 Å². The molecule has 21 heavy (non-hydrogen) atoms. The van der Waals surface area contributed by atoms with Crippen LogP contribution in [-0.2, 0) is 0 Å². The highest BCUT2D eigenvalue weighted by molar-refractivity contribution is 6.13. The Labute approximate surface area is 124 Å². The zero-order chi connectivity index (χ0) is 15.1. The molecule has 0 atom stereocenters. The maximum atomic E-state index is 9.49. The standard InChI is InChI=1S/C17H19NO3/c19-11-17(12-20,13-21)18-16(14-7-3-1-4-8-14)15-9-5-2-6-10-15/h1-10,19-21H,11-13H2. The Hall–Kier alpha value is -2.01. The maximum absolute atomic E-state index is 9.49. The summed E-state index contributed by atoms with van der Waals surface area (Å²) in [4.78, 5) is 4.47. The van der Waals surface area contributed by atoms with Gasteiger partial charge in [-0.25, -0.2) is 0 Å². The van der Waals surface area contributed by atoms with Crippen LogP contribution in [0.5, 0.6) is 0 Å². The molecule has 0 saturated carbocycles. The smallest absolute Gasteiger partial charge is 0.130 e. The lowest BCUT2D eigenvalue weighted by Crippen LogP contribution is -2.41. The van der Waals surface area contributed by atoms with E-state index >= 15 is 0 Å². The van der Waals surface area contributed by atoms with Gasteiger partial charge in [0.1, 0.15) is 5.54 Å². The van der Waals surface area contributed by atoms with Crippen LogP contribution >= 0.6 is 0 Å². The summed E-state index contributed by atoms with van der Waals surface area (Å²) in [6.07, 6.45) is 0. The first-order valence-corrected chi connectivity index (χ1v) is 6.78. The average molecular weight is 285 g/mol. The second kappa shape index (κ2) is 7.13. The van der Waals surface area contributed by atoms with Crippen molar-refractivity contribution in [1.29, 1.82) is 0 Å². The summed E-state index contributed by atoms with van der Waals surface area (Å²) in [5.41, 5.74) is 1.07. The second-order valence-corrected chi connectivity index (χ2v) is 4.89. The molecular weight excluding hydrogens is 266 g/mol. The molecule has 0 spiro atoms. The minimum atomic E-state index is -1.29. The van der Waals surface area contributed by atoms with Gasteiger partial charge in [-0.2, -0.15) is 0 Å². The van der Waals surface area contributed by atoms with Crippen LogP contribution in [0.2, 0.25) is 0 Å². The van der Waals surface area contributed by atoms with Crippen molar-refractivity contribution in [3.8, 4) is 0 Å². The zero-order valence-corrected chi connectivity index (χ0v) is 11.7. The number of aliphatic hydroxyl groups excluding tert-OH is 3. The van der Waals surface area contributed by atoms with Gasteiger partial charge in [0.15, 0.2) is 0 Å². The minimum absolute atomic E-state index is 0.427. The Kier molecular flexibility index (Phi) is 5.22. The van der Waals surface area contributed by atoms with Crippen LogP contribution in [0.15, 0.2) is 65.7 Å². The van der Waals surface area contributed by atoms with Gasteiger partial charge in [0.2, 0.25) is 0 Å². The SMILES string of the molecule is OCC(CO)(CO)N=C(c1ccccc1)c1ccccc1. The molecule has 0 unspecified atom stereocenters. The summed E-state index contributed by atoms with van der Waals surface area (Å²) < 4.78 is 0. The van der Waals surface area contributed by atoms with Gasteiger partial charge in [-0.3, -0.25) is 4.99 Å². The Morgan fingerprint density at radius 3 is 1.43 bits per heavy atom. The highest BCUT2D eigenvalue weighted by atomic mass is 16.3. The van der Waals surface area contributed by atoms with Crippen molar-refractivity contribution in [3.63, 3.8) is 0 Å². The van der Waals surface area contributed by atoms with Gasteiger partial charge >= 0.3 is 0 Å². The molecule has 0 fully saturated rings. The normalized spacial score (nSPS) is 11.2. The second-order valence-electron chi connectivity index (χ2n) is 4.89. The molecule has 0 saturated heterocycles. The Balaban J connectivity index is 2.57. The lowest BCUT2D eigenvalue weighted by atomic mass is 9.98. The van der Waals surface area contributed by atoms with Crippen LogP contribution in [0.1, 0.15) is 11.1 Å². The summed E-state index contributed by atoms with van der Waals surface area (Å²) in [6, 6.07) is 19.0. The zero-order valence-electron chi connectivity index (χ0n) is 11.7. The minimum Gasteiger partial charge on any atom is -0.394 e. The van der Waals surface area contributed by atoms with Gasteiger partial charge in [0.25, 0.3) is 0 Å². The van der Waals surface area contributed by atoms with Crippen LogP contribution in [-0.4, -0.2) is 46.4 Å². The molecule has 0 bridgehead atoms. The first-order chi connectivity index (χ1) is 10.2. The lowest BCUT2D eigenvalue weighted by molar-refractivity contribution is 0.0715. The van der Waals surface area contributed by atoms with E-state index in [1.165, 1.54) is 0 Å². The molecule has 0 radical (unpaired) electrons. The predicted molar refractivity (Wildman–Crippen MR) is 82.5 cm³/mol. The Bertz CT molecular complexity index is 528. The van der Waals surface area contributed by atoms with Crippen molar-refractivity contribution in [1.82, 2.24) is 0 Å². The predicted octanol–water partition coefficient (Wildman–Crippen LogP) is 1.24. The number of benzene rings is 2. The van der Waals surface area contributed by atoms with Crippen molar-refractivity contribution < 1.29 is 15.3 Å². The molecule has 0 aliphatic heterocycles. The van der Waals surface area contributed by atoms with Crippen molar-refractivity contribution in [2.45, 2.75) is 5.54 Å². The van der Waals surface area contributed by atoms with Crippen LogP contribution in [0.4, 0.5) is 0 Å². The number of hydrogen-bond acceptors (Lipinski definition) is 4. The molecule has 0 aliphatic carbocycles. The number of aliphatic hydroxyl groups is 3. The van der Waals surface area contributed by atoms with Crippen molar-refractivity contribution in [2.75, 3.05) is 19.8 Å². The highest BCUT2D eigenvalue weighted by Gasteiger charge is 2.28. The third-order valence-corrected chi connectivity index (χ3v) is 3.33. The van der Waals surface area contributed by atoms with E-state index in [1.54, 1.807) is 0 Å². The highest BCUT2D eigenvalue weighted by Crippen LogP contribution is 2.17. The van der Waals surface area contributed by atoms with E-state index in [4.69, 9.17) is 0 Å². The Morgan fingerprint density at radius 1 is 0.714 bits per heavy atom. The first kappa shape index (κ1) is 15.4. The monoisotopic (exact) mass is 285 g/mol. The Morgan fingerprint density at radius 2 is 1.10 bits per heavy atom. The molecule has 4 nitrogen and oxygen atoms in total. The number of aliphatic imine (C=N–C) groups is 1. The van der Waals surface area contributed by atoms with E-state index in [9.17, 15) is 15.3 Å². The molecule has 0 amide bonds. The van der Waals surface area contributed by atoms with Gasteiger partial charge in [-0.1, -0.05) is 60.7 Å². The lowest BCUT2D eigenvalue weighted by Gasteiger charge is -2.24. The number of nitrogens with zero attached hydrogens (tertiary/aromatic N) is 1. The number of rotatable bonds is 6. The van der Waals surface area contributed by atoms with Crippen LogP contribution in [0, 0.1) is 0 Å². The molecule has 0 heterocycles. The van der Waals surface area contributed by atoms with Gasteiger partial charge in [-0.15, -0.1) is 0 Å². The van der Waals surface area contributed by atoms with E-state index in [1.807, 2.05) is 60.7 Å². The van der Waals surface area contributed by atoms with Crippen LogP contribution in [0.3, 0.4) is 0 Å². The molecular formula is C17H19NO3. The molecule has 0 aromatic heterocycles. The van der Waals surface area contributed by atoms with Crippen LogP contribution in [0.25, 0.3) is 0 Å². The van der Waals surface area contributed by atoms with Crippen molar-refractivity contribution in [3.05, 3.63) is 71.8 Å².